The Morgan fingerprint density at radius 1 is 1.19 bits per heavy atom. The van der Waals surface area contributed by atoms with E-state index in [1.54, 1.807) is 0 Å². The van der Waals surface area contributed by atoms with Crippen molar-refractivity contribution >= 4 is 59.2 Å². The third-order valence-corrected chi connectivity index (χ3v) is 5.53. The van der Waals surface area contributed by atoms with Crippen molar-refractivity contribution in [2.75, 3.05) is 4.66 Å². The van der Waals surface area contributed by atoms with Crippen LogP contribution in [0.15, 0.2) is 0 Å². The zero-order valence-corrected chi connectivity index (χ0v) is 11.9. The van der Waals surface area contributed by atoms with E-state index in [4.69, 9.17) is 23.2 Å². The van der Waals surface area contributed by atoms with Crippen molar-refractivity contribution in [2.24, 2.45) is 0 Å². The van der Waals surface area contributed by atoms with Gasteiger partial charge in [0.15, 0.2) is 0 Å². The van der Waals surface area contributed by atoms with Crippen LogP contribution < -0.4 is 9.44 Å². The minimum Gasteiger partial charge on any atom is -0.211 e. The summed E-state index contributed by atoms with van der Waals surface area (Å²) in [5, 5.41) is 0. The predicted octanol–water partition coefficient (Wildman–Crippen LogP) is 0.489. The summed E-state index contributed by atoms with van der Waals surface area (Å²) < 4.78 is 66.0. The van der Waals surface area contributed by atoms with E-state index < -0.39 is 35.0 Å². The van der Waals surface area contributed by atoms with Crippen LogP contribution in [0.3, 0.4) is 0 Å². The van der Waals surface area contributed by atoms with Crippen molar-refractivity contribution in [3.63, 3.8) is 0 Å². The van der Waals surface area contributed by atoms with Crippen LogP contribution >= 0.6 is 39.1 Å². The molecular formula is C3H5BrCl2F2N2O4S2. The lowest BCUT2D eigenvalue weighted by atomic mass is 11.2. The molecule has 0 aromatic carbocycles. The fourth-order valence-electron chi connectivity index (χ4n) is 0.467. The van der Waals surface area contributed by atoms with Gasteiger partial charge in [-0.05, 0) is 0 Å². The maximum absolute atomic E-state index is 11.9. The van der Waals surface area contributed by atoms with Crippen molar-refractivity contribution < 1.29 is 25.6 Å². The van der Waals surface area contributed by atoms with E-state index in [-0.39, 0.29) is 0 Å². The molecule has 0 bridgehead atoms. The molecule has 13 heteroatoms. The number of hydrogen-bond acceptors (Lipinski definition) is 4. The Bertz CT molecular complexity index is 438. The molecule has 2 N–H and O–H groups in total. The van der Waals surface area contributed by atoms with Crippen LogP contribution in [0.1, 0.15) is 0 Å². The van der Waals surface area contributed by atoms with Gasteiger partial charge in [-0.25, -0.2) is 16.8 Å². The second-order valence-electron chi connectivity index (χ2n) is 2.31. The van der Waals surface area contributed by atoms with Gasteiger partial charge in [0.05, 0.1) is 0 Å². The summed E-state index contributed by atoms with van der Waals surface area (Å²) in [6.07, 6.45) is 0. The Kier molecular flexibility index (Phi) is 5.85. The highest BCUT2D eigenvalue weighted by molar-refractivity contribution is 9.10. The third-order valence-electron chi connectivity index (χ3n) is 0.932. The first-order valence-corrected chi connectivity index (χ1v) is 8.26. The van der Waals surface area contributed by atoms with Crippen molar-refractivity contribution in [1.29, 1.82) is 0 Å². The second kappa shape index (κ2) is 5.59. The zero-order valence-electron chi connectivity index (χ0n) is 7.12. The summed E-state index contributed by atoms with van der Waals surface area (Å²) in [4.78, 5) is 0. The first-order chi connectivity index (χ1) is 6.92. The van der Waals surface area contributed by atoms with Gasteiger partial charge in [0.2, 0.25) is 14.6 Å². The summed E-state index contributed by atoms with van der Waals surface area (Å²) in [6, 6.07) is 0. The quantitative estimate of drug-likeness (QED) is 0.395. The lowest BCUT2D eigenvalue weighted by molar-refractivity contribution is 0.231. The molecule has 0 saturated carbocycles. The van der Waals surface area contributed by atoms with E-state index in [1.165, 1.54) is 4.72 Å². The van der Waals surface area contributed by atoms with Crippen LogP contribution in [-0.2, 0) is 20.0 Å². The Morgan fingerprint density at radius 2 is 1.62 bits per heavy atom. The largest absolute Gasteiger partial charge is 0.350 e. The van der Waals surface area contributed by atoms with Crippen molar-refractivity contribution in [3.8, 4) is 0 Å². The van der Waals surface area contributed by atoms with Crippen LogP contribution in [0.5, 0.6) is 0 Å². The van der Waals surface area contributed by atoms with Gasteiger partial charge >= 0.3 is 5.76 Å². The van der Waals surface area contributed by atoms with E-state index in [1.807, 2.05) is 0 Å². The molecule has 98 valence electrons. The van der Waals surface area contributed by atoms with Crippen LogP contribution in [-0.4, -0.2) is 31.8 Å². The molecule has 0 aromatic heterocycles. The standard InChI is InChI=1S/C3H5BrCl2F2N2O4S2/c4-1-15(11,12)9-3(5,6)10-16(13,14)2(7)8/h2,9-10H,1H2. The molecule has 16 heavy (non-hydrogen) atoms. The molecule has 0 aromatic rings. The maximum Gasteiger partial charge on any atom is 0.350 e. The summed E-state index contributed by atoms with van der Waals surface area (Å²) in [5.41, 5.74) is 0. The fourth-order valence-corrected chi connectivity index (χ4v) is 3.22. The number of sulfonamides is 2. The predicted molar refractivity (Wildman–Crippen MR) is 58.3 cm³/mol. The number of halogens is 5. The monoisotopic (exact) mass is 384 g/mol. The molecule has 0 amide bonds. The Balaban J connectivity index is 4.86. The van der Waals surface area contributed by atoms with Gasteiger partial charge in [-0.15, -0.1) is 0 Å². The molecule has 0 radical (unpaired) electrons. The van der Waals surface area contributed by atoms with E-state index in [0.717, 1.165) is 4.72 Å². The summed E-state index contributed by atoms with van der Waals surface area (Å²) in [5.74, 6) is -3.79. The second-order valence-corrected chi connectivity index (χ2v) is 8.31. The van der Waals surface area contributed by atoms with Gasteiger partial charge in [0.25, 0.3) is 10.0 Å². The molecule has 0 rings (SSSR count). The van der Waals surface area contributed by atoms with Gasteiger partial charge in [-0.1, -0.05) is 39.1 Å². The van der Waals surface area contributed by atoms with E-state index in [2.05, 4.69) is 15.9 Å². The van der Waals surface area contributed by atoms with Crippen molar-refractivity contribution in [1.82, 2.24) is 9.44 Å². The minimum atomic E-state index is -5.13. The number of hydrogen-bond donors (Lipinski definition) is 2. The van der Waals surface area contributed by atoms with Crippen molar-refractivity contribution in [3.05, 3.63) is 0 Å². The van der Waals surface area contributed by atoms with E-state index >= 15 is 0 Å². The van der Waals surface area contributed by atoms with Gasteiger partial charge < -0.3 is 0 Å². The van der Waals surface area contributed by atoms with E-state index in [0.29, 0.717) is 0 Å². The van der Waals surface area contributed by atoms with Crippen LogP contribution in [0, 0.1) is 0 Å². The number of rotatable bonds is 6. The molecular weight excluding hydrogens is 381 g/mol. The average Bonchev–Trinajstić information content (AvgIpc) is 1.99. The van der Waals surface area contributed by atoms with Gasteiger partial charge in [0, 0.05) is 0 Å². The summed E-state index contributed by atoms with van der Waals surface area (Å²) in [7, 11) is -9.17. The van der Waals surface area contributed by atoms with Crippen molar-refractivity contribution in [2.45, 2.75) is 10.3 Å². The first-order valence-electron chi connectivity index (χ1n) is 3.18. The molecule has 0 spiro atoms. The zero-order chi connectivity index (χ0) is 13.2. The molecule has 0 heterocycles. The smallest absolute Gasteiger partial charge is 0.211 e. The van der Waals surface area contributed by atoms with E-state index in [9.17, 15) is 25.6 Å². The summed E-state index contributed by atoms with van der Waals surface area (Å²) >= 11 is 12.9. The molecule has 0 aliphatic carbocycles. The average molecular weight is 386 g/mol. The molecule has 6 nitrogen and oxygen atoms in total. The SMILES string of the molecule is O=S(=O)(CBr)NC(Cl)(Cl)NS(=O)(=O)C(F)F. The highest BCUT2D eigenvalue weighted by atomic mass is 79.9. The molecule has 0 unspecified atom stereocenters. The Morgan fingerprint density at radius 3 is 1.94 bits per heavy atom. The van der Waals surface area contributed by atoms with Gasteiger partial charge in [0.1, 0.15) is 4.66 Å². The highest BCUT2D eigenvalue weighted by Crippen LogP contribution is 2.18. The topological polar surface area (TPSA) is 92.3 Å². The van der Waals surface area contributed by atoms with Crippen LogP contribution in [0.4, 0.5) is 8.78 Å². The van der Waals surface area contributed by atoms with Gasteiger partial charge in [-0.3, -0.25) is 0 Å². The minimum absolute atomic E-state index is 0.641. The lowest BCUT2D eigenvalue weighted by Gasteiger charge is -2.21. The highest BCUT2D eigenvalue weighted by Gasteiger charge is 2.38. The molecule has 0 atom stereocenters. The third kappa shape index (κ3) is 5.89. The van der Waals surface area contributed by atoms with Gasteiger partial charge in [-0.2, -0.15) is 18.2 Å². The maximum atomic E-state index is 11.9. The van der Waals surface area contributed by atoms with Crippen LogP contribution in [0.25, 0.3) is 0 Å². The lowest BCUT2D eigenvalue weighted by Crippen LogP contribution is -2.53. The molecule has 0 aliphatic heterocycles. The molecule has 0 saturated heterocycles. The number of alkyl halides is 5. The fraction of sp³-hybridized carbons (Fsp3) is 1.00. The van der Waals surface area contributed by atoms with Crippen LogP contribution in [0.2, 0.25) is 0 Å². The summed E-state index contributed by atoms with van der Waals surface area (Å²) in [6.45, 7) is 0. The Labute approximate surface area is 109 Å². The normalized spacial score (nSPS) is 14.4. The first kappa shape index (κ1) is 16.7. The molecule has 0 aliphatic rings. The number of nitrogens with one attached hydrogen (secondary N) is 2. The molecule has 0 fully saturated rings. The Hall–Kier alpha value is 0.740.